The molecule has 1 aliphatic carbocycles. The molecular weight excluding hydrogens is 312 g/mol. The number of halogens is 1. The van der Waals surface area contributed by atoms with Crippen LogP contribution in [0.4, 0.5) is 0 Å². The molecule has 0 aliphatic heterocycles. The molecule has 2 rings (SSSR count). The Bertz CT molecular complexity index is 715. The maximum atomic E-state index is 12.1. The fraction of sp³-hybridized carbons (Fsp3) is 0.400. The van der Waals surface area contributed by atoms with Crippen LogP contribution in [0, 0.1) is 0 Å². The Morgan fingerprint density at radius 3 is 2.37 bits per heavy atom. The number of nitrogens with one attached hydrogen (secondary N) is 1. The molecule has 1 aliphatic rings. The summed E-state index contributed by atoms with van der Waals surface area (Å²) in [5, 5.41) is -0.0332. The molecule has 0 spiro atoms. The average molecular weight is 325 g/mol. The third-order valence-electron chi connectivity index (χ3n) is 2.77. The lowest BCUT2D eigenvalue weighted by molar-refractivity contribution is 0.579. The summed E-state index contributed by atoms with van der Waals surface area (Å²) in [5.74, 6) is 0. The topological polar surface area (TPSA) is 106 Å². The van der Waals surface area contributed by atoms with Gasteiger partial charge >= 0.3 is 0 Å². The van der Waals surface area contributed by atoms with E-state index in [1.165, 1.54) is 12.1 Å². The van der Waals surface area contributed by atoms with Crippen LogP contribution in [0.2, 0.25) is 5.02 Å². The van der Waals surface area contributed by atoms with Gasteiger partial charge in [-0.15, -0.1) is 0 Å². The molecule has 1 aromatic rings. The summed E-state index contributed by atoms with van der Waals surface area (Å²) in [4.78, 5) is -0.353. The van der Waals surface area contributed by atoms with Gasteiger partial charge in [0.1, 0.15) is 4.90 Å². The minimum absolute atomic E-state index is 0.0332. The van der Waals surface area contributed by atoms with Crippen LogP contribution >= 0.6 is 11.6 Å². The van der Waals surface area contributed by atoms with Crippen molar-refractivity contribution in [1.29, 1.82) is 0 Å². The predicted octanol–water partition coefficient (Wildman–Crippen LogP) is 0.121. The molecule has 1 fully saturated rings. The SMILES string of the molecule is CS(=O)(=O)c1ccc(Cl)c(S(=O)(=O)NC2CC2N)c1. The first-order valence-corrected chi connectivity index (χ1v) is 9.14. The molecule has 0 aromatic heterocycles. The highest BCUT2D eigenvalue weighted by molar-refractivity contribution is 7.91. The monoisotopic (exact) mass is 324 g/mol. The van der Waals surface area contributed by atoms with Crippen molar-refractivity contribution < 1.29 is 16.8 Å². The summed E-state index contributed by atoms with van der Waals surface area (Å²) < 4.78 is 49.4. The lowest BCUT2D eigenvalue weighted by Crippen LogP contribution is -2.30. The van der Waals surface area contributed by atoms with E-state index >= 15 is 0 Å². The van der Waals surface area contributed by atoms with Gasteiger partial charge < -0.3 is 5.73 Å². The Balaban J connectivity index is 2.43. The third kappa shape index (κ3) is 3.26. The van der Waals surface area contributed by atoms with Crippen LogP contribution in [-0.2, 0) is 19.9 Å². The predicted molar refractivity (Wildman–Crippen MR) is 71.3 cm³/mol. The summed E-state index contributed by atoms with van der Waals surface area (Å²) in [6.07, 6.45) is 1.56. The Morgan fingerprint density at radius 2 is 1.89 bits per heavy atom. The molecule has 106 valence electrons. The Labute approximate surface area is 116 Å². The van der Waals surface area contributed by atoms with Gasteiger partial charge in [-0.05, 0) is 24.6 Å². The summed E-state index contributed by atoms with van der Waals surface area (Å²) in [7, 11) is -7.37. The first-order chi connectivity index (χ1) is 8.61. The van der Waals surface area contributed by atoms with Gasteiger partial charge in [0.2, 0.25) is 10.0 Å². The Hall–Kier alpha value is -0.670. The van der Waals surface area contributed by atoms with Crippen LogP contribution in [0.1, 0.15) is 6.42 Å². The Kier molecular flexibility index (Phi) is 3.65. The number of rotatable bonds is 4. The normalized spacial score (nSPS) is 23.3. The molecule has 0 saturated heterocycles. The molecule has 0 radical (unpaired) electrons. The van der Waals surface area contributed by atoms with Gasteiger partial charge in [0.05, 0.1) is 9.92 Å². The highest BCUT2D eigenvalue weighted by Crippen LogP contribution is 2.27. The van der Waals surface area contributed by atoms with Crippen molar-refractivity contribution in [2.45, 2.75) is 28.3 Å². The standard InChI is InChI=1S/C10H13ClN2O4S2/c1-18(14,15)6-2-3-7(11)10(4-6)19(16,17)13-9-5-8(9)12/h2-4,8-9,13H,5,12H2,1H3. The highest BCUT2D eigenvalue weighted by Gasteiger charge is 2.37. The number of hydrogen-bond acceptors (Lipinski definition) is 5. The third-order valence-corrected chi connectivity index (χ3v) is 5.85. The lowest BCUT2D eigenvalue weighted by atomic mass is 10.4. The quantitative estimate of drug-likeness (QED) is 0.818. The second kappa shape index (κ2) is 4.71. The molecule has 1 saturated carbocycles. The molecule has 0 heterocycles. The fourth-order valence-corrected chi connectivity index (χ4v) is 4.08. The van der Waals surface area contributed by atoms with E-state index in [1.54, 1.807) is 0 Å². The van der Waals surface area contributed by atoms with Crippen LogP contribution in [0.25, 0.3) is 0 Å². The van der Waals surface area contributed by atoms with Gasteiger partial charge in [-0.25, -0.2) is 21.6 Å². The first kappa shape index (κ1) is 14.7. The van der Waals surface area contributed by atoms with Gasteiger partial charge in [0.25, 0.3) is 0 Å². The molecule has 2 atom stereocenters. The van der Waals surface area contributed by atoms with Crippen molar-refractivity contribution in [2.24, 2.45) is 5.73 Å². The lowest BCUT2D eigenvalue weighted by Gasteiger charge is -2.09. The second-order valence-electron chi connectivity index (χ2n) is 4.49. The van der Waals surface area contributed by atoms with Crippen molar-refractivity contribution in [1.82, 2.24) is 4.72 Å². The van der Waals surface area contributed by atoms with E-state index in [0.717, 1.165) is 12.3 Å². The minimum Gasteiger partial charge on any atom is -0.326 e. The number of sulfonamides is 1. The van der Waals surface area contributed by atoms with Gasteiger partial charge in [0.15, 0.2) is 9.84 Å². The van der Waals surface area contributed by atoms with Crippen molar-refractivity contribution in [3.05, 3.63) is 23.2 Å². The average Bonchev–Trinajstić information content (AvgIpc) is 2.91. The van der Waals surface area contributed by atoms with Crippen molar-refractivity contribution in [3.63, 3.8) is 0 Å². The molecule has 6 nitrogen and oxygen atoms in total. The van der Waals surface area contributed by atoms with Crippen molar-refractivity contribution in [3.8, 4) is 0 Å². The number of benzene rings is 1. The minimum atomic E-state index is -3.87. The van der Waals surface area contributed by atoms with E-state index < -0.39 is 19.9 Å². The van der Waals surface area contributed by atoms with E-state index in [-0.39, 0.29) is 26.9 Å². The molecule has 9 heteroatoms. The van der Waals surface area contributed by atoms with Crippen LogP contribution < -0.4 is 10.5 Å². The molecule has 1 aromatic carbocycles. The molecule has 3 N–H and O–H groups in total. The van der Waals surface area contributed by atoms with E-state index in [1.807, 2.05) is 0 Å². The zero-order valence-corrected chi connectivity index (χ0v) is 12.4. The maximum Gasteiger partial charge on any atom is 0.242 e. The van der Waals surface area contributed by atoms with Crippen molar-refractivity contribution in [2.75, 3.05) is 6.26 Å². The summed E-state index contributed by atoms with van der Waals surface area (Å²) in [6, 6.07) is 3.04. The van der Waals surface area contributed by atoms with E-state index in [0.29, 0.717) is 6.42 Å². The van der Waals surface area contributed by atoms with Gasteiger partial charge in [-0.2, -0.15) is 0 Å². The zero-order chi connectivity index (χ0) is 14.4. The Morgan fingerprint density at radius 1 is 1.32 bits per heavy atom. The molecule has 0 bridgehead atoms. The number of sulfone groups is 1. The van der Waals surface area contributed by atoms with Gasteiger partial charge in [-0.1, -0.05) is 11.6 Å². The highest BCUT2D eigenvalue weighted by atomic mass is 35.5. The number of nitrogens with two attached hydrogens (primary N) is 1. The van der Waals surface area contributed by atoms with Crippen LogP contribution in [0.3, 0.4) is 0 Å². The summed E-state index contributed by atoms with van der Waals surface area (Å²) in [6.45, 7) is 0. The largest absolute Gasteiger partial charge is 0.326 e. The van der Waals surface area contributed by atoms with Crippen molar-refractivity contribution >= 4 is 31.5 Å². The molecule has 2 unspecified atom stereocenters. The molecular formula is C10H13ClN2O4S2. The molecule has 0 amide bonds. The van der Waals surface area contributed by atoms with Gasteiger partial charge in [-0.3, -0.25) is 0 Å². The smallest absolute Gasteiger partial charge is 0.242 e. The molecule has 19 heavy (non-hydrogen) atoms. The first-order valence-electron chi connectivity index (χ1n) is 5.39. The van der Waals surface area contributed by atoms with Crippen LogP contribution in [0.15, 0.2) is 28.0 Å². The maximum absolute atomic E-state index is 12.1. The van der Waals surface area contributed by atoms with E-state index in [9.17, 15) is 16.8 Å². The summed E-state index contributed by atoms with van der Waals surface area (Å²) >= 11 is 5.83. The van der Waals surface area contributed by atoms with Crippen LogP contribution in [0.5, 0.6) is 0 Å². The summed E-state index contributed by atoms with van der Waals surface area (Å²) in [5.41, 5.74) is 5.53. The van der Waals surface area contributed by atoms with Gasteiger partial charge in [0, 0.05) is 18.3 Å². The number of hydrogen-bond donors (Lipinski definition) is 2. The fourth-order valence-electron chi connectivity index (χ4n) is 1.53. The van der Waals surface area contributed by atoms with Crippen LogP contribution in [-0.4, -0.2) is 35.2 Å². The van der Waals surface area contributed by atoms with E-state index in [2.05, 4.69) is 4.72 Å². The zero-order valence-electron chi connectivity index (χ0n) is 10.00. The second-order valence-corrected chi connectivity index (χ2v) is 8.60. The van der Waals surface area contributed by atoms with E-state index in [4.69, 9.17) is 17.3 Å².